The van der Waals surface area contributed by atoms with Crippen LogP contribution < -0.4 is 5.32 Å². The van der Waals surface area contributed by atoms with Crippen molar-refractivity contribution in [3.8, 4) is 5.69 Å². The maximum absolute atomic E-state index is 12.1. The van der Waals surface area contributed by atoms with Gasteiger partial charge in [-0.25, -0.2) is 4.68 Å². The van der Waals surface area contributed by atoms with Gasteiger partial charge >= 0.3 is 0 Å². The van der Waals surface area contributed by atoms with Crippen molar-refractivity contribution in [2.45, 2.75) is 0 Å². The first-order chi connectivity index (χ1) is 9.83. The van der Waals surface area contributed by atoms with Crippen molar-refractivity contribution >= 4 is 11.6 Å². The molecule has 2 aromatic heterocycles. The summed E-state index contributed by atoms with van der Waals surface area (Å²) in [5.41, 5.74) is 2.12. The number of para-hydroxylation sites is 1. The molecule has 0 bridgehead atoms. The van der Waals surface area contributed by atoms with Gasteiger partial charge in [0.2, 0.25) is 0 Å². The van der Waals surface area contributed by atoms with Gasteiger partial charge in [-0.3, -0.25) is 9.78 Å². The van der Waals surface area contributed by atoms with Crippen LogP contribution in [0, 0.1) is 0 Å². The van der Waals surface area contributed by atoms with E-state index in [1.807, 2.05) is 30.3 Å². The molecule has 0 saturated heterocycles. The number of rotatable bonds is 3. The lowest BCUT2D eigenvalue weighted by Gasteiger charge is -2.02. The van der Waals surface area contributed by atoms with Gasteiger partial charge in [-0.15, -0.1) is 0 Å². The van der Waals surface area contributed by atoms with Crippen LogP contribution >= 0.6 is 0 Å². The number of amides is 1. The van der Waals surface area contributed by atoms with Crippen LogP contribution in [-0.4, -0.2) is 20.7 Å². The van der Waals surface area contributed by atoms with Crippen LogP contribution in [0.25, 0.3) is 5.69 Å². The normalized spacial score (nSPS) is 10.2. The van der Waals surface area contributed by atoms with Gasteiger partial charge in [-0.1, -0.05) is 18.2 Å². The zero-order valence-corrected chi connectivity index (χ0v) is 10.6. The topological polar surface area (TPSA) is 59.8 Å². The molecule has 0 aliphatic carbocycles. The van der Waals surface area contributed by atoms with Crippen LogP contribution in [0.15, 0.2) is 67.3 Å². The summed E-state index contributed by atoms with van der Waals surface area (Å²) in [7, 11) is 0. The molecule has 3 aromatic rings. The van der Waals surface area contributed by atoms with Crippen molar-refractivity contribution in [1.29, 1.82) is 0 Å². The van der Waals surface area contributed by atoms with Crippen molar-refractivity contribution in [2.24, 2.45) is 0 Å². The summed E-state index contributed by atoms with van der Waals surface area (Å²) in [6, 6.07) is 13.1. The van der Waals surface area contributed by atoms with E-state index in [1.165, 1.54) is 0 Å². The second-order valence-corrected chi connectivity index (χ2v) is 4.20. The highest BCUT2D eigenvalue weighted by atomic mass is 16.1. The van der Waals surface area contributed by atoms with Crippen LogP contribution in [0.1, 0.15) is 10.4 Å². The highest BCUT2D eigenvalue weighted by Gasteiger charge is 2.09. The molecule has 0 aliphatic heterocycles. The summed E-state index contributed by atoms with van der Waals surface area (Å²) in [6.07, 6.45) is 6.50. The number of nitrogens with one attached hydrogen (secondary N) is 1. The van der Waals surface area contributed by atoms with Gasteiger partial charge in [0.15, 0.2) is 0 Å². The molecule has 5 heteroatoms. The number of benzene rings is 1. The fraction of sp³-hybridized carbons (Fsp3) is 0. The number of anilines is 1. The fourth-order valence-electron chi connectivity index (χ4n) is 1.80. The minimum Gasteiger partial charge on any atom is -0.322 e. The molecule has 3 rings (SSSR count). The van der Waals surface area contributed by atoms with Crippen LogP contribution in [0.5, 0.6) is 0 Å². The third-order valence-electron chi connectivity index (χ3n) is 2.80. The second kappa shape index (κ2) is 5.36. The first-order valence-corrected chi connectivity index (χ1v) is 6.14. The zero-order valence-electron chi connectivity index (χ0n) is 10.6. The molecule has 20 heavy (non-hydrogen) atoms. The van der Waals surface area contributed by atoms with Crippen molar-refractivity contribution in [3.63, 3.8) is 0 Å². The Kier molecular flexibility index (Phi) is 3.24. The summed E-state index contributed by atoms with van der Waals surface area (Å²) in [5, 5.41) is 6.98. The summed E-state index contributed by atoms with van der Waals surface area (Å²) < 4.78 is 1.67. The maximum Gasteiger partial charge on any atom is 0.258 e. The molecule has 5 nitrogen and oxygen atoms in total. The quantitative estimate of drug-likeness (QED) is 0.790. The van der Waals surface area contributed by atoms with Crippen LogP contribution in [0.3, 0.4) is 0 Å². The van der Waals surface area contributed by atoms with Gasteiger partial charge in [0, 0.05) is 24.3 Å². The Morgan fingerprint density at radius 2 is 1.80 bits per heavy atom. The Bertz CT molecular complexity index is 707. The van der Waals surface area contributed by atoms with E-state index in [4.69, 9.17) is 0 Å². The first-order valence-electron chi connectivity index (χ1n) is 6.14. The lowest BCUT2D eigenvalue weighted by atomic mass is 10.3. The molecule has 1 N–H and O–H groups in total. The van der Waals surface area contributed by atoms with Crippen molar-refractivity contribution in [3.05, 3.63) is 72.8 Å². The Morgan fingerprint density at radius 3 is 2.55 bits per heavy atom. The number of nitrogens with zero attached hydrogens (tertiary/aromatic N) is 3. The average molecular weight is 264 g/mol. The third-order valence-corrected chi connectivity index (χ3v) is 2.80. The minimum atomic E-state index is -0.196. The highest BCUT2D eigenvalue weighted by Crippen LogP contribution is 2.10. The minimum absolute atomic E-state index is 0.196. The number of hydrogen-bond acceptors (Lipinski definition) is 3. The predicted molar refractivity (Wildman–Crippen MR) is 75.8 cm³/mol. The molecule has 1 amide bonds. The van der Waals surface area contributed by atoms with E-state index in [1.54, 1.807) is 41.6 Å². The maximum atomic E-state index is 12.1. The molecule has 0 fully saturated rings. The molecule has 0 radical (unpaired) electrons. The molecule has 0 aliphatic rings. The molecule has 98 valence electrons. The fourth-order valence-corrected chi connectivity index (χ4v) is 1.80. The van der Waals surface area contributed by atoms with Crippen LogP contribution in [0.4, 0.5) is 5.69 Å². The van der Waals surface area contributed by atoms with E-state index in [0.717, 1.165) is 5.69 Å². The summed E-state index contributed by atoms with van der Waals surface area (Å²) >= 11 is 0. The van der Waals surface area contributed by atoms with E-state index in [-0.39, 0.29) is 5.91 Å². The first kappa shape index (κ1) is 12.1. The Morgan fingerprint density at radius 1 is 1.05 bits per heavy atom. The molecule has 0 unspecified atom stereocenters. The van der Waals surface area contributed by atoms with Gasteiger partial charge in [0.05, 0.1) is 17.4 Å². The van der Waals surface area contributed by atoms with Gasteiger partial charge in [0.1, 0.15) is 0 Å². The highest BCUT2D eigenvalue weighted by molar-refractivity contribution is 6.03. The second-order valence-electron chi connectivity index (χ2n) is 4.20. The summed E-state index contributed by atoms with van der Waals surface area (Å²) in [5.74, 6) is -0.196. The molecule has 0 atom stereocenters. The van der Waals surface area contributed by atoms with E-state index in [2.05, 4.69) is 15.4 Å². The van der Waals surface area contributed by atoms with E-state index >= 15 is 0 Å². The van der Waals surface area contributed by atoms with Crippen LogP contribution in [0.2, 0.25) is 0 Å². The molecular weight excluding hydrogens is 252 g/mol. The zero-order chi connectivity index (χ0) is 13.8. The summed E-state index contributed by atoms with van der Waals surface area (Å²) in [6.45, 7) is 0. The number of carbonyl (C=O) groups excluding carboxylic acids is 1. The smallest absolute Gasteiger partial charge is 0.258 e. The SMILES string of the molecule is O=C(Nc1ccncc1)c1cnn(-c2ccccc2)c1. The molecule has 0 saturated carbocycles. The van der Waals surface area contributed by atoms with Crippen molar-refractivity contribution in [1.82, 2.24) is 14.8 Å². The van der Waals surface area contributed by atoms with E-state index < -0.39 is 0 Å². The molecule has 2 heterocycles. The Balaban J connectivity index is 1.79. The number of pyridine rings is 1. The van der Waals surface area contributed by atoms with Crippen molar-refractivity contribution in [2.75, 3.05) is 5.32 Å². The molecule has 0 spiro atoms. The lowest BCUT2D eigenvalue weighted by molar-refractivity contribution is 0.102. The lowest BCUT2D eigenvalue weighted by Crippen LogP contribution is -2.10. The number of hydrogen-bond donors (Lipinski definition) is 1. The third kappa shape index (κ3) is 2.56. The predicted octanol–water partition coefficient (Wildman–Crippen LogP) is 2.52. The number of carbonyl (C=O) groups is 1. The van der Waals surface area contributed by atoms with Gasteiger partial charge in [-0.05, 0) is 24.3 Å². The van der Waals surface area contributed by atoms with Gasteiger partial charge in [-0.2, -0.15) is 5.10 Å². The van der Waals surface area contributed by atoms with Gasteiger partial charge < -0.3 is 5.32 Å². The van der Waals surface area contributed by atoms with E-state index in [0.29, 0.717) is 11.3 Å². The van der Waals surface area contributed by atoms with Crippen LogP contribution in [-0.2, 0) is 0 Å². The Hall–Kier alpha value is -2.95. The molecule has 1 aromatic carbocycles. The standard InChI is InChI=1S/C15H12N4O/c20-15(18-13-6-8-16-9-7-13)12-10-17-19(11-12)14-4-2-1-3-5-14/h1-11H,(H,16,18,20). The van der Waals surface area contributed by atoms with Crippen molar-refractivity contribution < 1.29 is 4.79 Å². The number of aromatic nitrogens is 3. The van der Waals surface area contributed by atoms with E-state index in [9.17, 15) is 4.79 Å². The monoisotopic (exact) mass is 264 g/mol. The summed E-state index contributed by atoms with van der Waals surface area (Å²) in [4.78, 5) is 16.0. The average Bonchev–Trinajstić information content (AvgIpc) is 2.99. The Labute approximate surface area is 115 Å². The molecular formula is C15H12N4O. The largest absolute Gasteiger partial charge is 0.322 e. The van der Waals surface area contributed by atoms with Gasteiger partial charge in [0.25, 0.3) is 5.91 Å².